The lowest BCUT2D eigenvalue weighted by Crippen LogP contribution is -2.10. The van der Waals surface area contributed by atoms with E-state index in [0.717, 1.165) is 47.3 Å². The monoisotopic (exact) mass is 298 g/mol. The van der Waals surface area contributed by atoms with Crippen molar-refractivity contribution in [3.05, 3.63) is 64.4 Å². The summed E-state index contributed by atoms with van der Waals surface area (Å²) in [6.07, 6.45) is 0.754. The number of hydrogen-bond donors (Lipinski definition) is 1. The minimum absolute atomic E-state index is 0.754. The molecular weight excluding hydrogens is 280 g/mol. The Bertz CT molecular complexity index is 688. The highest BCUT2D eigenvalue weighted by atomic mass is 32.1. The van der Waals surface area contributed by atoms with Gasteiger partial charge in [-0.25, -0.2) is 4.98 Å². The molecule has 4 heteroatoms. The van der Waals surface area contributed by atoms with Gasteiger partial charge >= 0.3 is 0 Å². The Morgan fingerprint density at radius 2 is 1.90 bits per heavy atom. The number of nitrogens with one attached hydrogen (secondary N) is 1. The summed E-state index contributed by atoms with van der Waals surface area (Å²) in [6.45, 7) is 3.82. The fourth-order valence-corrected chi connectivity index (χ4v) is 2.96. The fraction of sp³-hybridized carbons (Fsp3) is 0.235. The summed E-state index contributed by atoms with van der Waals surface area (Å²) < 4.78 is 5.81. The van der Waals surface area contributed by atoms with E-state index in [4.69, 9.17) is 9.40 Å². The normalized spacial score (nSPS) is 10.9. The lowest BCUT2D eigenvalue weighted by molar-refractivity contribution is 0.456. The molecule has 0 aliphatic rings. The van der Waals surface area contributed by atoms with Crippen LogP contribution in [0.1, 0.15) is 23.5 Å². The van der Waals surface area contributed by atoms with Gasteiger partial charge in [0.2, 0.25) is 0 Å². The zero-order valence-electron chi connectivity index (χ0n) is 12.0. The largest absolute Gasteiger partial charge is 0.464 e. The van der Waals surface area contributed by atoms with Crippen LogP contribution in [0.3, 0.4) is 0 Å². The third-order valence-electron chi connectivity index (χ3n) is 3.21. The standard InChI is InChI=1S/C17H18N2OS/c1-2-18-11-15-9-8-14(20-15)10-17-19-16(12-21-17)13-6-4-3-5-7-13/h3-9,12,18H,2,10-11H2,1H3. The van der Waals surface area contributed by atoms with Crippen LogP contribution in [-0.4, -0.2) is 11.5 Å². The SMILES string of the molecule is CCNCc1ccc(Cc2nc(-c3ccccc3)cs2)o1. The molecule has 0 fully saturated rings. The van der Waals surface area contributed by atoms with Crippen molar-refractivity contribution in [3.63, 3.8) is 0 Å². The second-order valence-electron chi connectivity index (χ2n) is 4.82. The van der Waals surface area contributed by atoms with Crippen molar-refractivity contribution in [2.24, 2.45) is 0 Å². The molecule has 2 aromatic heterocycles. The molecule has 0 amide bonds. The van der Waals surface area contributed by atoms with Crippen LogP contribution in [0, 0.1) is 0 Å². The van der Waals surface area contributed by atoms with Crippen molar-refractivity contribution < 1.29 is 4.42 Å². The molecule has 0 radical (unpaired) electrons. The second-order valence-corrected chi connectivity index (χ2v) is 5.76. The molecular formula is C17H18N2OS. The highest BCUT2D eigenvalue weighted by Gasteiger charge is 2.08. The van der Waals surface area contributed by atoms with E-state index in [2.05, 4.69) is 29.8 Å². The first-order chi connectivity index (χ1) is 10.3. The first-order valence-corrected chi connectivity index (χ1v) is 8.01. The fourth-order valence-electron chi connectivity index (χ4n) is 2.14. The van der Waals surface area contributed by atoms with E-state index in [1.807, 2.05) is 30.3 Å². The van der Waals surface area contributed by atoms with Crippen LogP contribution < -0.4 is 5.32 Å². The van der Waals surface area contributed by atoms with Gasteiger partial charge in [-0.15, -0.1) is 11.3 Å². The second kappa shape index (κ2) is 6.70. The molecule has 1 N–H and O–H groups in total. The number of thiazole rings is 1. The maximum Gasteiger partial charge on any atom is 0.117 e. The van der Waals surface area contributed by atoms with Gasteiger partial charge in [0.25, 0.3) is 0 Å². The number of rotatable bonds is 6. The van der Waals surface area contributed by atoms with Gasteiger partial charge in [-0.3, -0.25) is 0 Å². The van der Waals surface area contributed by atoms with Gasteiger partial charge in [-0.1, -0.05) is 37.3 Å². The summed E-state index contributed by atoms with van der Waals surface area (Å²) in [5, 5.41) is 6.45. The molecule has 0 saturated heterocycles. The van der Waals surface area contributed by atoms with Crippen LogP contribution in [0.2, 0.25) is 0 Å². The molecule has 21 heavy (non-hydrogen) atoms. The Balaban J connectivity index is 1.68. The van der Waals surface area contributed by atoms with Crippen LogP contribution in [0.15, 0.2) is 52.3 Å². The van der Waals surface area contributed by atoms with E-state index in [1.54, 1.807) is 11.3 Å². The van der Waals surface area contributed by atoms with E-state index < -0.39 is 0 Å². The van der Waals surface area contributed by atoms with Crippen molar-refractivity contribution in [1.29, 1.82) is 0 Å². The Hall–Kier alpha value is -1.91. The third-order valence-corrected chi connectivity index (χ3v) is 4.06. The molecule has 108 valence electrons. The Labute approximate surface area is 128 Å². The molecule has 3 nitrogen and oxygen atoms in total. The Kier molecular flexibility index (Phi) is 4.48. The maximum atomic E-state index is 5.81. The lowest BCUT2D eigenvalue weighted by atomic mass is 10.2. The summed E-state index contributed by atoms with van der Waals surface area (Å²) in [4.78, 5) is 4.69. The molecule has 0 atom stereocenters. The Morgan fingerprint density at radius 1 is 1.10 bits per heavy atom. The van der Waals surface area contributed by atoms with Crippen molar-refractivity contribution in [2.75, 3.05) is 6.54 Å². The van der Waals surface area contributed by atoms with E-state index in [-0.39, 0.29) is 0 Å². The van der Waals surface area contributed by atoms with E-state index in [9.17, 15) is 0 Å². The molecule has 3 rings (SSSR count). The molecule has 1 aromatic carbocycles. The molecule has 0 spiro atoms. The molecule has 0 aliphatic heterocycles. The van der Waals surface area contributed by atoms with Crippen LogP contribution in [-0.2, 0) is 13.0 Å². The quantitative estimate of drug-likeness (QED) is 0.744. The predicted octanol–water partition coefficient (Wildman–Crippen LogP) is 4.10. The third kappa shape index (κ3) is 3.60. The number of benzene rings is 1. The van der Waals surface area contributed by atoms with E-state index >= 15 is 0 Å². The van der Waals surface area contributed by atoms with Crippen LogP contribution in [0.4, 0.5) is 0 Å². The number of nitrogens with zero attached hydrogens (tertiary/aromatic N) is 1. The minimum atomic E-state index is 0.754. The van der Waals surface area contributed by atoms with Gasteiger partial charge in [0.15, 0.2) is 0 Å². The average molecular weight is 298 g/mol. The number of furan rings is 1. The average Bonchev–Trinajstić information content (AvgIpc) is 3.16. The minimum Gasteiger partial charge on any atom is -0.464 e. The number of hydrogen-bond acceptors (Lipinski definition) is 4. The summed E-state index contributed by atoms with van der Waals surface area (Å²) in [5.74, 6) is 1.95. The summed E-state index contributed by atoms with van der Waals surface area (Å²) in [7, 11) is 0. The Morgan fingerprint density at radius 3 is 2.71 bits per heavy atom. The first kappa shape index (κ1) is 14.0. The van der Waals surface area contributed by atoms with Gasteiger partial charge in [-0.05, 0) is 18.7 Å². The highest BCUT2D eigenvalue weighted by Crippen LogP contribution is 2.23. The molecule has 3 aromatic rings. The van der Waals surface area contributed by atoms with E-state index in [0.29, 0.717) is 0 Å². The first-order valence-electron chi connectivity index (χ1n) is 7.13. The van der Waals surface area contributed by atoms with Crippen LogP contribution >= 0.6 is 11.3 Å². The smallest absolute Gasteiger partial charge is 0.117 e. The van der Waals surface area contributed by atoms with Gasteiger partial charge in [0.05, 0.1) is 18.7 Å². The number of aromatic nitrogens is 1. The molecule has 2 heterocycles. The lowest BCUT2D eigenvalue weighted by Gasteiger charge is -1.97. The maximum absolute atomic E-state index is 5.81. The molecule has 0 bridgehead atoms. The van der Waals surface area contributed by atoms with Gasteiger partial charge in [-0.2, -0.15) is 0 Å². The molecule has 0 unspecified atom stereocenters. The van der Waals surface area contributed by atoms with Crippen molar-refractivity contribution >= 4 is 11.3 Å². The van der Waals surface area contributed by atoms with E-state index in [1.165, 1.54) is 0 Å². The molecule has 0 saturated carbocycles. The van der Waals surface area contributed by atoms with Crippen molar-refractivity contribution in [3.8, 4) is 11.3 Å². The van der Waals surface area contributed by atoms with Gasteiger partial charge in [0, 0.05) is 10.9 Å². The molecule has 0 aliphatic carbocycles. The van der Waals surface area contributed by atoms with Gasteiger partial charge in [0.1, 0.15) is 16.5 Å². The van der Waals surface area contributed by atoms with Crippen LogP contribution in [0.25, 0.3) is 11.3 Å². The van der Waals surface area contributed by atoms with Crippen molar-refractivity contribution in [1.82, 2.24) is 10.3 Å². The summed E-state index contributed by atoms with van der Waals surface area (Å²) in [5.41, 5.74) is 2.20. The van der Waals surface area contributed by atoms with Gasteiger partial charge < -0.3 is 9.73 Å². The highest BCUT2D eigenvalue weighted by molar-refractivity contribution is 7.10. The topological polar surface area (TPSA) is 38.1 Å². The van der Waals surface area contributed by atoms with Crippen LogP contribution in [0.5, 0.6) is 0 Å². The summed E-state index contributed by atoms with van der Waals surface area (Å²) >= 11 is 1.68. The van der Waals surface area contributed by atoms with Crippen molar-refractivity contribution in [2.45, 2.75) is 19.9 Å². The zero-order valence-corrected chi connectivity index (χ0v) is 12.8. The summed E-state index contributed by atoms with van der Waals surface area (Å²) in [6, 6.07) is 14.3. The predicted molar refractivity (Wildman–Crippen MR) is 86.4 cm³/mol. The zero-order chi connectivity index (χ0) is 14.5.